The molecule has 1 atom stereocenters. The lowest BCUT2D eigenvalue weighted by Crippen LogP contribution is -2.33. The van der Waals surface area contributed by atoms with Crippen molar-refractivity contribution in [3.63, 3.8) is 0 Å². The summed E-state index contributed by atoms with van der Waals surface area (Å²) in [5.74, 6) is -0.189. The predicted octanol–water partition coefficient (Wildman–Crippen LogP) is 3.64. The standard InChI is InChI=1S/C20H21N3O2S/c1-14(20-22-16-10-6-7-11-17(16)26-20)23(2)18(24)12-13-21-19(25)15-8-4-3-5-9-15/h3-11,14H,12-13H2,1-2H3,(H,21,25). The first-order valence-corrected chi connectivity index (χ1v) is 9.32. The van der Waals surface area contributed by atoms with Crippen LogP contribution < -0.4 is 5.32 Å². The van der Waals surface area contributed by atoms with E-state index in [-0.39, 0.29) is 24.3 Å². The van der Waals surface area contributed by atoms with Crippen LogP contribution in [0.1, 0.15) is 34.8 Å². The second kappa shape index (κ2) is 8.10. The molecule has 0 aliphatic heterocycles. The zero-order chi connectivity index (χ0) is 18.5. The van der Waals surface area contributed by atoms with Gasteiger partial charge in [0.05, 0.1) is 16.3 Å². The molecule has 0 bridgehead atoms. The number of nitrogens with one attached hydrogen (secondary N) is 1. The first-order chi connectivity index (χ1) is 12.6. The third-order valence-electron chi connectivity index (χ3n) is 4.30. The Labute approximate surface area is 156 Å². The van der Waals surface area contributed by atoms with E-state index in [4.69, 9.17) is 0 Å². The highest BCUT2D eigenvalue weighted by Crippen LogP contribution is 2.28. The SMILES string of the molecule is CC(c1nc2ccccc2s1)N(C)C(=O)CCNC(=O)c1ccccc1. The first kappa shape index (κ1) is 18.1. The molecule has 134 valence electrons. The molecule has 0 fully saturated rings. The summed E-state index contributed by atoms with van der Waals surface area (Å²) in [6.45, 7) is 2.28. The van der Waals surface area contributed by atoms with Gasteiger partial charge in [-0.25, -0.2) is 4.98 Å². The minimum atomic E-state index is -0.166. The maximum absolute atomic E-state index is 12.4. The van der Waals surface area contributed by atoms with Crippen LogP contribution in [0.2, 0.25) is 0 Å². The van der Waals surface area contributed by atoms with Crippen molar-refractivity contribution in [3.05, 3.63) is 65.2 Å². The molecule has 2 amide bonds. The number of carbonyl (C=O) groups is 2. The summed E-state index contributed by atoms with van der Waals surface area (Å²) in [6, 6.07) is 16.8. The lowest BCUT2D eigenvalue weighted by molar-refractivity contribution is -0.131. The van der Waals surface area contributed by atoms with Crippen molar-refractivity contribution in [1.82, 2.24) is 15.2 Å². The summed E-state index contributed by atoms with van der Waals surface area (Å²) < 4.78 is 1.12. The Kier molecular flexibility index (Phi) is 5.63. The number of hydrogen-bond donors (Lipinski definition) is 1. The fraction of sp³-hybridized carbons (Fsp3) is 0.250. The molecule has 2 aromatic carbocycles. The predicted molar refractivity (Wildman–Crippen MR) is 104 cm³/mol. The molecule has 5 nitrogen and oxygen atoms in total. The Balaban J connectivity index is 1.54. The van der Waals surface area contributed by atoms with Gasteiger partial charge in [0.25, 0.3) is 5.91 Å². The number of rotatable bonds is 6. The molecular weight excluding hydrogens is 346 g/mol. The van der Waals surface area contributed by atoms with Gasteiger partial charge in [0.15, 0.2) is 0 Å². The highest BCUT2D eigenvalue weighted by molar-refractivity contribution is 7.18. The van der Waals surface area contributed by atoms with Crippen LogP contribution in [0.4, 0.5) is 0 Å². The molecule has 26 heavy (non-hydrogen) atoms. The topological polar surface area (TPSA) is 62.3 Å². The molecule has 1 heterocycles. The summed E-state index contributed by atoms with van der Waals surface area (Å²) >= 11 is 1.60. The van der Waals surface area contributed by atoms with E-state index in [1.54, 1.807) is 35.4 Å². The van der Waals surface area contributed by atoms with Gasteiger partial charge in [0, 0.05) is 25.6 Å². The quantitative estimate of drug-likeness (QED) is 0.724. The Bertz CT molecular complexity index is 875. The Morgan fingerprint density at radius 3 is 2.54 bits per heavy atom. The fourth-order valence-electron chi connectivity index (χ4n) is 2.60. The van der Waals surface area contributed by atoms with Gasteiger partial charge in [-0.2, -0.15) is 0 Å². The van der Waals surface area contributed by atoms with E-state index in [0.717, 1.165) is 15.2 Å². The van der Waals surface area contributed by atoms with Gasteiger partial charge in [-0.05, 0) is 31.2 Å². The molecule has 1 aromatic heterocycles. The van der Waals surface area contributed by atoms with Gasteiger partial charge in [-0.1, -0.05) is 30.3 Å². The van der Waals surface area contributed by atoms with Gasteiger partial charge in [0.1, 0.15) is 5.01 Å². The lowest BCUT2D eigenvalue weighted by atomic mass is 10.2. The van der Waals surface area contributed by atoms with Gasteiger partial charge in [-0.15, -0.1) is 11.3 Å². The number of fused-ring (bicyclic) bond motifs is 1. The summed E-state index contributed by atoms with van der Waals surface area (Å²) in [5, 5.41) is 3.70. The van der Waals surface area contributed by atoms with E-state index in [1.807, 2.05) is 49.4 Å². The third kappa shape index (κ3) is 4.08. The Hall–Kier alpha value is -2.73. The van der Waals surface area contributed by atoms with Crippen molar-refractivity contribution in [2.75, 3.05) is 13.6 Å². The summed E-state index contributed by atoms with van der Waals surface area (Å²) in [5.41, 5.74) is 1.55. The van der Waals surface area contributed by atoms with E-state index in [9.17, 15) is 9.59 Å². The van der Waals surface area contributed by atoms with Gasteiger partial charge >= 0.3 is 0 Å². The number of thiazole rings is 1. The van der Waals surface area contributed by atoms with Crippen molar-refractivity contribution < 1.29 is 9.59 Å². The van der Waals surface area contributed by atoms with Crippen molar-refractivity contribution >= 4 is 33.4 Å². The molecule has 1 N–H and O–H groups in total. The largest absolute Gasteiger partial charge is 0.352 e. The van der Waals surface area contributed by atoms with Crippen molar-refractivity contribution in [3.8, 4) is 0 Å². The number of para-hydroxylation sites is 1. The van der Waals surface area contributed by atoms with Crippen LogP contribution in [0.3, 0.4) is 0 Å². The zero-order valence-electron chi connectivity index (χ0n) is 14.8. The van der Waals surface area contributed by atoms with Crippen LogP contribution in [0, 0.1) is 0 Å². The van der Waals surface area contributed by atoms with Crippen molar-refractivity contribution in [1.29, 1.82) is 0 Å². The first-order valence-electron chi connectivity index (χ1n) is 8.50. The third-order valence-corrected chi connectivity index (χ3v) is 5.51. The zero-order valence-corrected chi connectivity index (χ0v) is 15.6. The Morgan fingerprint density at radius 2 is 1.81 bits per heavy atom. The van der Waals surface area contributed by atoms with E-state index in [2.05, 4.69) is 10.3 Å². The second-order valence-electron chi connectivity index (χ2n) is 6.07. The number of nitrogens with zero attached hydrogens (tertiary/aromatic N) is 2. The molecule has 3 aromatic rings. The number of benzene rings is 2. The minimum absolute atomic E-state index is 0.0230. The molecule has 1 unspecified atom stereocenters. The number of aromatic nitrogens is 1. The maximum atomic E-state index is 12.4. The summed E-state index contributed by atoms with van der Waals surface area (Å²) in [6.07, 6.45) is 0.254. The minimum Gasteiger partial charge on any atom is -0.352 e. The number of amides is 2. The molecule has 0 radical (unpaired) electrons. The summed E-state index contributed by atoms with van der Waals surface area (Å²) in [4.78, 5) is 30.8. The molecule has 3 rings (SSSR count). The molecule has 0 spiro atoms. The van der Waals surface area contributed by atoms with Crippen LogP contribution in [0.15, 0.2) is 54.6 Å². The Morgan fingerprint density at radius 1 is 1.12 bits per heavy atom. The van der Waals surface area contributed by atoms with E-state index in [0.29, 0.717) is 12.1 Å². The number of hydrogen-bond acceptors (Lipinski definition) is 4. The highest BCUT2D eigenvalue weighted by atomic mass is 32.1. The monoisotopic (exact) mass is 367 g/mol. The molecule has 0 aliphatic rings. The normalized spacial score (nSPS) is 11.9. The smallest absolute Gasteiger partial charge is 0.251 e. The van der Waals surface area contributed by atoms with Gasteiger partial charge in [0.2, 0.25) is 5.91 Å². The molecule has 0 saturated carbocycles. The second-order valence-corrected chi connectivity index (χ2v) is 7.13. The molecule has 0 saturated heterocycles. The van der Waals surface area contributed by atoms with E-state index >= 15 is 0 Å². The van der Waals surface area contributed by atoms with Crippen molar-refractivity contribution in [2.24, 2.45) is 0 Å². The molecule has 6 heteroatoms. The van der Waals surface area contributed by atoms with Crippen LogP contribution in [0.25, 0.3) is 10.2 Å². The number of carbonyl (C=O) groups excluding carboxylic acids is 2. The van der Waals surface area contributed by atoms with Gasteiger partial charge < -0.3 is 10.2 Å². The molecule has 0 aliphatic carbocycles. The van der Waals surface area contributed by atoms with E-state index in [1.165, 1.54) is 0 Å². The fourth-order valence-corrected chi connectivity index (χ4v) is 3.66. The lowest BCUT2D eigenvalue weighted by Gasteiger charge is -2.23. The van der Waals surface area contributed by atoms with Crippen LogP contribution in [-0.2, 0) is 4.79 Å². The van der Waals surface area contributed by atoms with Crippen LogP contribution in [0.5, 0.6) is 0 Å². The highest BCUT2D eigenvalue weighted by Gasteiger charge is 2.20. The maximum Gasteiger partial charge on any atom is 0.251 e. The van der Waals surface area contributed by atoms with Gasteiger partial charge in [-0.3, -0.25) is 9.59 Å². The van der Waals surface area contributed by atoms with E-state index < -0.39 is 0 Å². The summed E-state index contributed by atoms with van der Waals surface area (Å²) in [7, 11) is 1.78. The average molecular weight is 367 g/mol. The average Bonchev–Trinajstić information content (AvgIpc) is 3.11. The molecular formula is C20H21N3O2S. The van der Waals surface area contributed by atoms with Crippen LogP contribution in [-0.4, -0.2) is 35.3 Å². The van der Waals surface area contributed by atoms with Crippen molar-refractivity contribution in [2.45, 2.75) is 19.4 Å². The van der Waals surface area contributed by atoms with Crippen LogP contribution >= 0.6 is 11.3 Å².